The fourth-order valence-corrected chi connectivity index (χ4v) is 2.89. The van der Waals surface area contributed by atoms with Gasteiger partial charge in [0.1, 0.15) is 6.04 Å². The van der Waals surface area contributed by atoms with Crippen molar-refractivity contribution in [2.24, 2.45) is 0 Å². The van der Waals surface area contributed by atoms with Crippen LogP contribution in [0.2, 0.25) is 0 Å². The molecular formula is C17H23NO3. The summed E-state index contributed by atoms with van der Waals surface area (Å²) < 4.78 is 4.83. The second-order valence-electron chi connectivity index (χ2n) is 5.64. The molecule has 1 aliphatic rings. The van der Waals surface area contributed by atoms with Gasteiger partial charge in [-0.15, -0.1) is 0 Å². The van der Waals surface area contributed by atoms with Crippen molar-refractivity contribution in [3.8, 4) is 0 Å². The molecule has 0 spiro atoms. The lowest BCUT2D eigenvalue weighted by atomic mass is 9.95. The van der Waals surface area contributed by atoms with E-state index in [4.69, 9.17) is 4.74 Å². The van der Waals surface area contributed by atoms with Crippen molar-refractivity contribution in [1.29, 1.82) is 0 Å². The molecule has 0 N–H and O–H groups in total. The van der Waals surface area contributed by atoms with Crippen molar-refractivity contribution >= 4 is 11.9 Å². The Bertz CT molecular complexity index is 486. The molecule has 1 heterocycles. The molecule has 4 heteroatoms. The molecule has 0 saturated carbocycles. The Hall–Kier alpha value is -1.84. The standard InChI is InChI=1S/C17H23NO3/c1-13(14-8-4-3-5-9-14)12-16(19)18-11-7-6-10-15(18)17(20)21-2/h3-5,8-9,13,15H,6-7,10-12H2,1-2H3. The number of methoxy groups -OCH3 is 1. The molecule has 2 rings (SSSR count). The average molecular weight is 289 g/mol. The highest BCUT2D eigenvalue weighted by Gasteiger charge is 2.33. The number of benzene rings is 1. The lowest BCUT2D eigenvalue weighted by Crippen LogP contribution is -2.48. The molecular weight excluding hydrogens is 266 g/mol. The molecule has 1 aliphatic heterocycles. The van der Waals surface area contributed by atoms with Crippen molar-refractivity contribution in [2.45, 2.75) is 44.6 Å². The van der Waals surface area contributed by atoms with E-state index < -0.39 is 6.04 Å². The summed E-state index contributed by atoms with van der Waals surface area (Å²) in [5.74, 6) is -0.101. The molecule has 1 aromatic carbocycles. The van der Waals surface area contributed by atoms with E-state index in [1.807, 2.05) is 37.3 Å². The summed E-state index contributed by atoms with van der Waals surface area (Å²) in [4.78, 5) is 26.1. The van der Waals surface area contributed by atoms with Gasteiger partial charge in [0, 0.05) is 13.0 Å². The van der Waals surface area contributed by atoms with Crippen LogP contribution in [0.25, 0.3) is 0 Å². The van der Waals surface area contributed by atoms with Gasteiger partial charge in [0.25, 0.3) is 0 Å². The monoisotopic (exact) mass is 289 g/mol. The van der Waals surface area contributed by atoms with Gasteiger partial charge in [-0.1, -0.05) is 37.3 Å². The Labute approximate surface area is 126 Å². The van der Waals surface area contributed by atoms with Crippen molar-refractivity contribution in [3.05, 3.63) is 35.9 Å². The minimum atomic E-state index is -0.403. The number of amides is 1. The van der Waals surface area contributed by atoms with E-state index in [0.717, 1.165) is 18.4 Å². The summed E-state index contributed by atoms with van der Waals surface area (Å²) in [7, 11) is 1.38. The Morgan fingerprint density at radius 1 is 1.29 bits per heavy atom. The van der Waals surface area contributed by atoms with Gasteiger partial charge in [0.2, 0.25) is 5.91 Å². The number of hydrogen-bond acceptors (Lipinski definition) is 3. The lowest BCUT2D eigenvalue weighted by molar-refractivity contribution is -0.154. The molecule has 0 bridgehead atoms. The Kier molecular flexibility index (Phi) is 5.37. The second-order valence-corrected chi connectivity index (χ2v) is 5.64. The molecule has 2 unspecified atom stereocenters. The number of carbonyl (C=O) groups excluding carboxylic acids is 2. The molecule has 0 aliphatic carbocycles. The van der Waals surface area contributed by atoms with Crippen LogP contribution in [0.1, 0.15) is 44.1 Å². The van der Waals surface area contributed by atoms with Gasteiger partial charge in [-0.05, 0) is 30.7 Å². The first kappa shape index (κ1) is 15.5. The van der Waals surface area contributed by atoms with E-state index in [2.05, 4.69) is 0 Å². The highest BCUT2D eigenvalue weighted by Crippen LogP contribution is 2.24. The minimum absolute atomic E-state index is 0.0430. The van der Waals surface area contributed by atoms with Crippen LogP contribution in [-0.4, -0.2) is 36.5 Å². The molecule has 1 amide bonds. The average Bonchev–Trinajstić information content (AvgIpc) is 2.54. The van der Waals surface area contributed by atoms with E-state index in [9.17, 15) is 9.59 Å². The van der Waals surface area contributed by atoms with E-state index >= 15 is 0 Å². The summed E-state index contributed by atoms with van der Waals surface area (Å²) in [5.41, 5.74) is 1.15. The predicted molar refractivity (Wildman–Crippen MR) is 80.8 cm³/mol. The van der Waals surface area contributed by atoms with Crippen LogP contribution in [0, 0.1) is 0 Å². The summed E-state index contributed by atoms with van der Waals surface area (Å²) in [5, 5.41) is 0. The Morgan fingerprint density at radius 3 is 2.67 bits per heavy atom. The van der Waals surface area contributed by atoms with Crippen LogP contribution in [0.5, 0.6) is 0 Å². The topological polar surface area (TPSA) is 46.6 Å². The van der Waals surface area contributed by atoms with Crippen molar-refractivity contribution in [3.63, 3.8) is 0 Å². The zero-order chi connectivity index (χ0) is 15.2. The smallest absolute Gasteiger partial charge is 0.328 e. The normalized spacial score (nSPS) is 19.9. The van der Waals surface area contributed by atoms with Crippen LogP contribution in [0.3, 0.4) is 0 Å². The largest absolute Gasteiger partial charge is 0.467 e. The molecule has 1 fully saturated rings. The van der Waals surface area contributed by atoms with Crippen LogP contribution in [0.4, 0.5) is 0 Å². The number of rotatable bonds is 4. The zero-order valence-corrected chi connectivity index (χ0v) is 12.7. The van der Waals surface area contributed by atoms with Crippen LogP contribution >= 0.6 is 0 Å². The molecule has 0 aromatic heterocycles. The maximum Gasteiger partial charge on any atom is 0.328 e. The fraction of sp³-hybridized carbons (Fsp3) is 0.529. The fourth-order valence-electron chi connectivity index (χ4n) is 2.89. The Balaban J connectivity index is 2.02. The second kappa shape index (κ2) is 7.25. The molecule has 1 aromatic rings. The first-order valence-corrected chi connectivity index (χ1v) is 7.55. The number of esters is 1. The first-order chi connectivity index (χ1) is 10.1. The van der Waals surface area contributed by atoms with Gasteiger partial charge < -0.3 is 9.64 Å². The number of piperidine rings is 1. The zero-order valence-electron chi connectivity index (χ0n) is 12.7. The molecule has 21 heavy (non-hydrogen) atoms. The summed E-state index contributed by atoms with van der Waals surface area (Å²) in [6.07, 6.45) is 3.06. The maximum atomic E-state index is 12.5. The van der Waals surface area contributed by atoms with Gasteiger partial charge in [0.15, 0.2) is 0 Å². The number of carbonyl (C=O) groups is 2. The number of ether oxygens (including phenoxy) is 1. The molecule has 114 valence electrons. The maximum absolute atomic E-state index is 12.5. The van der Waals surface area contributed by atoms with Gasteiger partial charge >= 0.3 is 5.97 Å². The van der Waals surface area contributed by atoms with Crippen molar-refractivity contribution in [2.75, 3.05) is 13.7 Å². The number of nitrogens with zero attached hydrogens (tertiary/aromatic N) is 1. The van der Waals surface area contributed by atoms with Gasteiger partial charge in [0.05, 0.1) is 7.11 Å². The SMILES string of the molecule is COC(=O)C1CCCCN1C(=O)CC(C)c1ccccc1. The van der Waals surface area contributed by atoms with E-state index in [0.29, 0.717) is 19.4 Å². The minimum Gasteiger partial charge on any atom is -0.467 e. The molecule has 4 nitrogen and oxygen atoms in total. The van der Waals surface area contributed by atoms with Gasteiger partial charge in [-0.3, -0.25) is 4.79 Å². The molecule has 2 atom stereocenters. The highest BCUT2D eigenvalue weighted by atomic mass is 16.5. The van der Waals surface area contributed by atoms with E-state index in [1.54, 1.807) is 4.90 Å². The van der Waals surface area contributed by atoms with Crippen molar-refractivity contribution < 1.29 is 14.3 Å². The molecule has 1 saturated heterocycles. The predicted octanol–water partition coefficient (Wildman–Crippen LogP) is 2.73. The van der Waals surface area contributed by atoms with E-state index in [1.165, 1.54) is 7.11 Å². The third-order valence-corrected chi connectivity index (χ3v) is 4.15. The van der Waals surface area contributed by atoms with Crippen LogP contribution in [-0.2, 0) is 14.3 Å². The number of hydrogen-bond donors (Lipinski definition) is 0. The Morgan fingerprint density at radius 2 is 2.00 bits per heavy atom. The van der Waals surface area contributed by atoms with Gasteiger partial charge in [-0.2, -0.15) is 0 Å². The van der Waals surface area contributed by atoms with Gasteiger partial charge in [-0.25, -0.2) is 4.79 Å². The summed E-state index contributed by atoms with van der Waals surface area (Å²) in [6, 6.07) is 9.59. The molecule has 0 radical (unpaired) electrons. The lowest BCUT2D eigenvalue weighted by Gasteiger charge is -2.34. The first-order valence-electron chi connectivity index (χ1n) is 7.55. The third-order valence-electron chi connectivity index (χ3n) is 4.15. The quantitative estimate of drug-likeness (QED) is 0.801. The number of likely N-dealkylation sites (tertiary alicyclic amines) is 1. The summed E-state index contributed by atoms with van der Waals surface area (Å²) >= 11 is 0. The van der Waals surface area contributed by atoms with Crippen LogP contribution < -0.4 is 0 Å². The highest BCUT2D eigenvalue weighted by molar-refractivity contribution is 5.85. The van der Waals surface area contributed by atoms with Crippen LogP contribution in [0.15, 0.2) is 30.3 Å². The van der Waals surface area contributed by atoms with Crippen molar-refractivity contribution in [1.82, 2.24) is 4.90 Å². The van der Waals surface area contributed by atoms with E-state index in [-0.39, 0.29) is 17.8 Å². The summed E-state index contributed by atoms with van der Waals surface area (Å²) in [6.45, 7) is 2.70. The third kappa shape index (κ3) is 3.84.